The summed E-state index contributed by atoms with van der Waals surface area (Å²) in [5.41, 5.74) is 10.5. The molecule has 0 unspecified atom stereocenters. The molecule has 0 fully saturated rings. The third kappa shape index (κ3) is 2.07. The highest BCUT2D eigenvalue weighted by molar-refractivity contribution is 5.81. The molecule has 0 radical (unpaired) electrons. The van der Waals surface area contributed by atoms with E-state index in [1.165, 1.54) is 30.4 Å². The van der Waals surface area contributed by atoms with Gasteiger partial charge in [-0.05, 0) is 42.9 Å². The molecule has 4 heteroatoms. The Labute approximate surface area is 112 Å². The molecule has 2 N–H and O–H groups in total. The molecule has 0 spiro atoms. The van der Waals surface area contributed by atoms with Crippen molar-refractivity contribution in [2.24, 2.45) is 0 Å². The van der Waals surface area contributed by atoms with Crippen molar-refractivity contribution in [2.45, 2.75) is 32.1 Å². The first kappa shape index (κ1) is 12.1. The number of aromatic nitrogens is 1. The zero-order valence-electron chi connectivity index (χ0n) is 11.1. The van der Waals surface area contributed by atoms with Crippen molar-refractivity contribution >= 4 is 5.88 Å². The average molecular weight is 258 g/mol. The highest BCUT2D eigenvalue weighted by Gasteiger charge is 2.20. The van der Waals surface area contributed by atoms with Crippen LogP contribution in [0.2, 0.25) is 0 Å². The Morgan fingerprint density at radius 2 is 2.05 bits per heavy atom. The highest BCUT2D eigenvalue weighted by atomic mass is 16.5. The molecule has 2 aromatic rings. The molecule has 19 heavy (non-hydrogen) atoms. The Morgan fingerprint density at radius 1 is 1.21 bits per heavy atom. The summed E-state index contributed by atoms with van der Waals surface area (Å²) in [5, 5.41) is 3.79. The van der Waals surface area contributed by atoms with Crippen LogP contribution in [0.25, 0.3) is 11.1 Å². The van der Waals surface area contributed by atoms with E-state index >= 15 is 0 Å². The molecule has 100 valence electrons. The first-order chi connectivity index (χ1) is 9.31. The van der Waals surface area contributed by atoms with Gasteiger partial charge in [0, 0.05) is 5.56 Å². The monoisotopic (exact) mass is 258 g/mol. The fraction of sp³-hybridized carbons (Fsp3) is 0.400. The maximum atomic E-state index is 5.88. The Kier molecular flexibility index (Phi) is 3.15. The molecule has 4 nitrogen and oxygen atoms in total. The topological polar surface area (TPSA) is 61.3 Å². The van der Waals surface area contributed by atoms with Gasteiger partial charge in [0.15, 0.2) is 0 Å². The number of aryl methyl sites for hydroxylation is 1. The van der Waals surface area contributed by atoms with E-state index in [1.807, 2.05) is 6.07 Å². The zero-order valence-corrected chi connectivity index (χ0v) is 11.1. The van der Waals surface area contributed by atoms with Gasteiger partial charge in [0.05, 0.1) is 18.9 Å². The van der Waals surface area contributed by atoms with E-state index in [-0.39, 0.29) is 0 Å². The van der Waals surface area contributed by atoms with Crippen LogP contribution in [0, 0.1) is 0 Å². The molecular formula is C15H18N2O2. The first-order valence-electron chi connectivity index (χ1n) is 6.70. The highest BCUT2D eigenvalue weighted by Crippen LogP contribution is 2.40. The van der Waals surface area contributed by atoms with Gasteiger partial charge in [-0.15, -0.1) is 0 Å². The average Bonchev–Trinajstić information content (AvgIpc) is 2.71. The van der Waals surface area contributed by atoms with Crippen molar-refractivity contribution in [2.75, 3.05) is 12.8 Å². The second-order valence-corrected chi connectivity index (χ2v) is 4.94. The molecule has 0 saturated carbocycles. The Hall–Kier alpha value is -1.97. The largest absolute Gasteiger partial charge is 0.496 e. The molecule has 1 heterocycles. The number of anilines is 1. The predicted molar refractivity (Wildman–Crippen MR) is 74.2 cm³/mol. The van der Waals surface area contributed by atoms with Gasteiger partial charge in [-0.25, -0.2) is 0 Å². The summed E-state index contributed by atoms with van der Waals surface area (Å²) in [6.45, 7) is 0. The molecule has 0 aliphatic heterocycles. The van der Waals surface area contributed by atoms with Gasteiger partial charge in [-0.1, -0.05) is 17.6 Å². The summed E-state index contributed by atoms with van der Waals surface area (Å²) in [6, 6.07) is 4.19. The van der Waals surface area contributed by atoms with E-state index in [2.05, 4.69) is 11.2 Å². The normalized spacial score (nSPS) is 14.8. The number of methoxy groups -OCH3 is 1. The van der Waals surface area contributed by atoms with Gasteiger partial charge in [0.25, 0.3) is 0 Å². The predicted octanol–water partition coefficient (Wildman–Crippen LogP) is 3.20. The summed E-state index contributed by atoms with van der Waals surface area (Å²) < 4.78 is 10.5. The van der Waals surface area contributed by atoms with Crippen molar-refractivity contribution in [1.29, 1.82) is 0 Å². The summed E-state index contributed by atoms with van der Waals surface area (Å²) in [7, 11) is 1.69. The minimum atomic E-state index is 0.357. The van der Waals surface area contributed by atoms with Crippen molar-refractivity contribution in [3.05, 3.63) is 29.5 Å². The Morgan fingerprint density at radius 3 is 2.79 bits per heavy atom. The van der Waals surface area contributed by atoms with E-state index in [0.717, 1.165) is 29.7 Å². The minimum absolute atomic E-state index is 0.357. The molecule has 0 saturated heterocycles. The molecule has 0 bridgehead atoms. The van der Waals surface area contributed by atoms with Crippen LogP contribution in [-0.4, -0.2) is 12.3 Å². The number of ether oxygens (including phenoxy) is 1. The number of fused-ring (bicyclic) bond motifs is 1. The molecule has 3 rings (SSSR count). The summed E-state index contributed by atoms with van der Waals surface area (Å²) in [5.74, 6) is 1.20. The van der Waals surface area contributed by atoms with E-state index in [1.54, 1.807) is 13.3 Å². The van der Waals surface area contributed by atoms with Crippen LogP contribution in [0.5, 0.6) is 5.75 Å². The zero-order chi connectivity index (χ0) is 13.2. The molecule has 0 amide bonds. The molecule has 1 aromatic carbocycles. The number of benzene rings is 1. The van der Waals surface area contributed by atoms with Crippen LogP contribution in [0.15, 0.2) is 22.9 Å². The molecule has 0 atom stereocenters. The lowest BCUT2D eigenvalue weighted by Gasteiger charge is -2.15. The number of nitrogen functional groups attached to an aromatic ring is 1. The van der Waals surface area contributed by atoms with Gasteiger partial charge in [-0.2, -0.15) is 0 Å². The number of hydrogen-bond donors (Lipinski definition) is 1. The lowest BCUT2D eigenvalue weighted by Crippen LogP contribution is -1.99. The van der Waals surface area contributed by atoms with Crippen LogP contribution in [-0.2, 0) is 12.8 Å². The number of rotatable bonds is 2. The SMILES string of the molecule is COc1ccc2c(c1-c1cnoc1N)CCCCC2. The van der Waals surface area contributed by atoms with Gasteiger partial charge >= 0.3 is 0 Å². The molecule has 1 aromatic heterocycles. The number of nitrogens with zero attached hydrogens (tertiary/aromatic N) is 1. The smallest absolute Gasteiger partial charge is 0.230 e. The second-order valence-electron chi connectivity index (χ2n) is 4.94. The van der Waals surface area contributed by atoms with Crippen LogP contribution in [0.1, 0.15) is 30.4 Å². The fourth-order valence-corrected chi connectivity index (χ4v) is 2.89. The van der Waals surface area contributed by atoms with Gasteiger partial charge < -0.3 is 15.0 Å². The van der Waals surface area contributed by atoms with Crippen molar-refractivity contribution in [1.82, 2.24) is 5.16 Å². The Bertz CT molecular complexity index is 590. The Balaban J connectivity index is 2.23. The standard InChI is InChI=1S/C15H18N2O2/c1-18-13-8-7-10-5-3-2-4-6-11(10)14(13)12-9-17-19-15(12)16/h7-9H,2-6,16H2,1H3. The van der Waals surface area contributed by atoms with Crippen molar-refractivity contribution in [3.8, 4) is 16.9 Å². The van der Waals surface area contributed by atoms with Crippen molar-refractivity contribution < 1.29 is 9.26 Å². The van der Waals surface area contributed by atoms with Crippen LogP contribution >= 0.6 is 0 Å². The quantitative estimate of drug-likeness (QED) is 0.840. The van der Waals surface area contributed by atoms with E-state index in [0.29, 0.717) is 5.88 Å². The van der Waals surface area contributed by atoms with Crippen molar-refractivity contribution in [3.63, 3.8) is 0 Å². The third-order valence-electron chi connectivity index (χ3n) is 3.83. The molecule has 1 aliphatic rings. The summed E-state index contributed by atoms with van der Waals surface area (Å²) in [6.07, 6.45) is 7.59. The maximum Gasteiger partial charge on any atom is 0.230 e. The van der Waals surface area contributed by atoms with Gasteiger partial charge in [0.1, 0.15) is 5.75 Å². The van der Waals surface area contributed by atoms with Crippen LogP contribution in [0.4, 0.5) is 5.88 Å². The second kappa shape index (κ2) is 4.96. The number of hydrogen-bond acceptors (Lipinski definition) is 4. The summed E-state index contributed by atoms with van der Waals surface area (Å²) >= 11 is 0. The molecular weight excluding hydrogens is 240 g/mol. The number of nitrogens with two attached hydrogens (primary N) is 1. The minimum Gasteiger partial charge on any atom is -0.496 e. The first-order valence-corrected chi connectivity index (χ1v) is 6.70. The lowest BCUT2D eigenvalue weighted by atomic mass is 9.93. The lowest BCUT2D eigenvalue weighted by molar-refractivity contribution is 0.415. The van der Waals surface area contributed by atoms with E-state index < -0.39 is 0 Å². The van der Waals surface area contributed by atoms with Gasteiger partial charge in [-0.3, -0.25) is 0 Å². The molecule has 1 aliphatic carbocycles. The third-order valence-corrected chi connectivity index (χ3v) is 3.83. The van der Waals surface area contributed by atoms with E-state index in [9.17, 15) is 0 Å². The summed E-state index contributed by atoms with van der Waals surface area (Å²) in [4.78, 5) is 0. The fourth-order valence-electron chi connectivity index (χ4n) is 2.89. The van der Waals surface area contributed by atoms with Crippen LogP contribution in [0.3, 0.4) is 0 Å². The van der Waals surface area contributed by atoms with Gasteiger partial charge in [0.2, 0.25) is 5.88 Å². The maximum absolute atomic E-state index is 5.88. The van der Waals surface area contributed by atoms with Crippen LogP contribution < -0.4 is 10.5 Å². The van der Waals surface area contributed by atoms with E-state index in [4.69, 9.17) is 15.0 Å².